The second kappa shape index (κ2) is 7.20. The number of hydrogen-bond donors (Lipinski definition) is 0. The number of benzene rings is 5. The Labute approximate surface area is 206 Å². The minimum Gasteiger partial charge on any atom is -0.309 e. The molecule has 0 saturated carbocycles. The molecule has 1 aromatic heterocycles. The summed E-state index contributed by atoms with van der Waals surface area (Å²) >= 11 is 0. The molecular formula is C34H27N. The molecule has 0 spiro atoms. The first-order valence-corrected chi connectivity index (χ1v) is 12.4. The van der Waals surface area contributed by atoms with E-state index in [2.05, 4.69) is 135 Å². The van der Waals surface area contributed by atoms with Gasteiger partial charge in [0, 0.05) is 21.9 Å². The van der Waals surface area contributed by atoms with Gasteiger partial charge in [0.05, 0.1) is 11.0 Å². The Morgan fingerprint density at radius 3 is 2.03 bits per heavy atom. The average molecular weight is 450 g/mol. The molecule has 0 N–H and O–H groups in total. The summed E-state index contributed by atoms with van der Waals surface area (Å²) in [6.45, 7) is 6.85. The van der Waals surface area contributed by atoms with Gasteiger partial charge in [0.2, 0.25) is 0 Å². The average Bonchev–Trinajstić information content (AvgIpc) is 3.32. The molecule has 0 unspecified atom stereocenters. The van der Waals surface area contributed by atoms with E-state index in [0.29, 0.717) is 0 Å². The molecule has 0 fully saturated rings. The van der Waals surface area contributed by atoms with Gasteiger partial charge < -0.3 is 4.57 Å². The Morgan fingerprint density at radius 1 is 0.543 bits per heavy atom. The Kier molecular flexibility index (Phi) is 4.17. The van der Waals surface area contributed by atoms with Crippen molar-refractivity contribution in [3.05, 3.63) is 126 Å². The van der Waals surface area contributed by atoms with Gasteiger partial charge in [-0.3, -0.25) is 0 Å². The van der Waals surface area contributed by atoms with E-state index in [-0.39, 0.29) is 5.41 Å². The topological polar surface area (TPSA) is 4.93 Å². The minimum absolute atomic E-state index is 0.0227. The molecule has 0 radical (unpaired) electrons. The molecule has 7 rings (SSSR count). The lowest BCUT2D eigenvalue weighted by Gasteiger charge is -2.21. The predicted octanol–water partition coefficient (Wildman–Crippen LogP) is 9.07. The van der Waals surface area contributed by atoms with Crippen molar-refractivity contribution < 1.29 is 0 Å². The molecule has 6 aromatic rings. The molecule has 1 nitrogen and oxygen atoms in total. The van der Waals surface area contributed by atoms with E-state index in [0.717, 1.165) is 0 Å². The van der Waals surface area contributed by atoms with Gasteiger partial charge >= 0.3 is 0 Å². The third kappa shape index (κ3) is 2.88. The normalized spacial score (nSPS) is 13.8. The summed E-state index contributed by atoms with van der Waals surface area (Å²) in [5, 5.41) is 2.61. The molecule has 168 valence electrons. The third-order valence-corrected chi connectivity index (χ3v) is 7.87. The van der Waals surface area contributed by atoms with E-state index in [4.69, 9.17) is 0 Å². The quantitative estimate of drug-likeness (QED) is 0.248. The molecule has 1 aliphatic rings. The molecular weight excluding hydrogens is 422 g/mol. The molecule has 35 heavy (non-hydrogen) atoms. The minimum atomic E-state index is -0.0227. The first-order valence-electron chi connectivity index (χ1n) is 12.4. The second-order valence-corrected chi connectivity index (χ2v) is 10.4. The summed E-state index contributed by atoms with van der Waals surface area (Å²) in [6.07, 6.45) is 0. The van der Waals surface area contributed by atoms with Crippen molar-refractivity contribution in [2.45, 2.75) is 26.2 Å². The molecule has 0 saturated heterocycles. The number of nitrogens with zero attached hydrogens (tertiary/aromatic N) is 1. The zero-order chi connectivity index (χ0) is 23.7. The smallest absolute Gasteiger partial charge is 0.0544 e. The fraction of sp³-hybridized carbons (Fsp3) is 0.118. The van der Waals surface area contributed by atoms with Crippen molar-refractivity contribution >= 4 is 21.8 Å². The summed E-state index contributed by atoms with van der Waals surface area (Å²) in [6, 6.07) is 40.3. The summed E-state index contributed by atoms with van der Waals surface area (Å²) in [5.41, 5.74) is 13.0. The van der Waals surface area contributed by atoms with Gasteiger partial charge in [0.25, 0.3) is 0 Å². The van der Waals surface area contributed by atoms with Crippen molar-refractivity contribution in [2.75, 3.05) is 0 Å². The standard InChI is InChI=1S/C34H27N/c1-22-13-15-23(16-14-22)24-17-18-32-28(19-24)29-20-27-26-11-7-8-12-30(26)34(2,3)31(27)21-33(29)35(32)25-9-5-4-6-10-25/h4-21H,1-3H3. The zero-order valence-electron chi connectivity index (χ0n) is 20.3. The molecule has 0 atom stereocenters. The molecule has 0 amide bonds. The van der Waals surface area contributed by atoms with Crippen LogP contribution in [0.4, 0.5) is 0 Å². The zero-order valence-corrected chi connectivity index (χ0v) is 20.3. The number of rotatable bonds is 2. The van der Waals surface area contributed by atoms with Gasteiger partial charge in [-0.15, -0.1) is 0 Å². The molecule has 0 aliphatic heterocycles. The van der Waals surface area contributed by atoms with Crippen LogP contribution in [0.5, 0.6) is 0 Å². The lowest BCUT2D eigenvalue weighted by molar-refractivity contribution is 0.661. The highest BCUT2D eigenvalue weighted by atomic mass is 15.0. The van der Waals surface area contributed by atoms with Crippen molar-refractivity contribution in [3.63, 3.8) is 0 Å². The van der Waals surface area contributed by atoms with Crippen LogP contribution in [0, 0.1) is 6.92 Å². The van der Waals surface area contributed by atoms with Crippen LogP contribution in [0.2, 0.25) is 0 Å². The van der Waals surface area contributed by atoms with Gasteiger partial charge in [-0.2, -0.15) is 0 Å². The third-order valence-electron chi connectivity index (χ3n) is 7.87. The largest absolute Gasteiger partial charge is 0.309 e. The van der Waals surface area contributed by atoms with Crippen molar-refractivity contribution in [2.24, 2.45) is 0 Å². The maximum absolute atomic E-state index is 2.45. The van der Waals surface area contributed by atoms with Gasteiger partial charge in [-0.25, -0.2) is 0 Å². The summed E-state index contributed by atoms with van der Waals surface area (Å²) in [7, 11) is 0. The van der Waals surface area contributed by atoms with E-state index in [1.165, 1.54) is 66.4 Å². The Hall–Kier alpha value is -4.10. The van der Waals surface area contributed by atoms with Crippen molar-refractivity contribution in [3.8, 4) is 27.9 Å². The number of fused-ring (bicyclic) bond motifs is 6. The molecule has 1 heterocycles. The van der Waals surface area contributed by atoms with Crippen LogP contribution in [-0.4, -0.2) is 4.57 Å². The van der Waals surface area contributed by atoms with Crippen molar-refractivity contribution in [1.82, 2.24) is 4.57 Å². The molecule has 0 bridgehead atoms. The van der Waals surface area contributed by atoms with Gasteiger partial charge in [0.15, 0.2) is 0 Å². The number of aryl methyl sites for hydroxylation is 1. The van der Waals surface area contributed by atoms with E-state index in [1.54, 1.807) is 0 Å². The van der Waals surface area contributed by atoms with Gasteiger partial charge in [0.1, 0.15) is 0 Å². The van der Waals surface area contributed by atoms with E-state index < -0.39 is 0 Å². The van der Waals surface area contributed by atoms with Crippen LogP contribution in [0.15, 0.2) is 109 Å². The highest BCUT2D eigenvalue weighted by Gasteiger charge is 2.36. The second-order valence-electron chi connectivity index (χ2n) is 10.4. The van der Waals surface area contributed by atoms with Crippen LogP contribution >= 0.6 is 0 Å². The van der Waals surface area contributed by atoms with Gasteiger partial charge in [-0.1, -0.05) is 92.2 Å². The number of hydrogen-bond acceptors (Lipinski definition) is 0. The molecule has 1 heteroatoms. The summed E-state index contributed by atoms with van der Waals surface area (Å²) in [4.78, 5) is 0. The Bertz CT molecular complexity index is 1750. The highest BCUT2D eigenvalue weighted by Crippen LogP contribution is 2.51. The lowest BCUT2D eigenvalue weighted by atomic mass is 9.82. The van der Waals surface area contributed by atoms with Crippen molar-refractivity contribution in [1.29, 1.82) is 0 Å². The highest BCUT2D eigenvalue weighted by molar-refractivity contribution is 6.12. The van der Waals surface area contributed by atoms with E-state index in [9.17, 15) is 0 Å². The molecule has 1 aliphatic carbocycles. The van der Waals surface area contributed by atoms with Crippen LogP contribution in [0.3, 0.4) is 0 Å². The Balaban J connectivity index is 1.59. The SMILES string of the molecule is Cc1ccc(-c2ccc3c(c2)c2cc4c(cc2n3-c2ccccc2)C(C)(C)c2ccccc2-4)cc1. The van der Waals surface area contributed by atoms with E-state index >= 15 is 0 Å². The number of para-hydroxylation sites is 1. The van der Waals surface area contributed by atoms with Crippen LogP contribution < -0.4 is 0 Å². The first kappa shape index (κ1) is 20.3. The molecule has 5 aromatic carbocycles. The van der Waals surface area contributed by atoms with Crippen LogP contribution in [0.25, 0.3) is 49.7 Å². The maximum Gasteiger partial charge on any atom is 0.0544 e. The monoisotopic (exact) mass is 449 g/mol. The number of aromatic nitrogens is 1. The Morgan fingerprint density at radius 2 is 1.23 bits per heavy atom. The fourth-order valence-electron chi connectivity index (χ4n) is 5.99. The van der Waals surface area contributed by atoms with Gasteiger partial charge in [-0.05, 0) is 76.7 Å². The summed E-state index contributed by atoms with van der Waals surface area (Å²) in [5.74, 6) is 0. The van der Waals surface area contributed by atoms with Crippen LogP contribution in [-0.2, 0) is 5.41 Å². The maximum atomic E-state index is 2.45. The first-order chi connectivity index (χ1) is 17.0. The van der Waals surface area contributed by atoms with Crippen LogP contribution in [0.1, 0.15) is 30.5 Å². The summed E-state index contributed by atoms with van der Waals surface area (Å²) < 4.78 is 2.43. The predicted molar refractivity (Wildman–Crippen MR) is 149 cm³/mol. The van der Waals surface area contributed by atoms with E-state index in [1.807, 2.05) is 0 Å². The fourth-order valence-corrected chi connectivity index (χ4v) is 5.99. The lowest BCUT2D eigenvalue weighted by Crippen LogP contribution is -2.14.